The van der Waals surface area contributed by atoms with Crippen molar-refractivity contribution in [3.63, 3.8) is 0 Å². The van der Waals surface area contributed by atoms with Crippen molar-refractivity contribution in [1.82, 2.24) is 15.6 Å². The summed E-state index contributed by atoms with van der Waals surface area (Å²) in [6.45, 7) is 8.27. The van der Waals surface area contributed by atoms with Gasteiger partial charge in [-0.1, -0.05) is 0 Å². The number of aliphatic imine (C=N–C) groups is 1. The summed E-state index contributed by atoms with van der Waals surface area (Å²) in [6.07, 6.45) is 4.87. The van der Waals surface area contributed by atoms with Crippen LogP contribution in [0, 0.1) is 0 Å². The van der Waals surface area contributed by atoms with Crippen LogP contribution >= 0.6 is 11.8 Å². The lowest BCUT2D eigenvalue weighted by Crippen LogP contribution is -2.40. The van der Waals surface area contributed by atoms with Crippen molar-refractivity contribution in [3.8, 4) is 0 Å². The van der Waals surface area contributed by atoms with Gasteiger partial charge in [-0.05, 0) is 44.7 Å². The molecule has 0 saturated carbocycles. The minimum Gasteiger partial charge on any atom is -0.387 e. The average molecular weight is 310 g/mol. The Kier molecular flexibility index (Phi) is 7.53. The molecule has 1 aromatic rings. The van der Waals surface area contributed by atoms with E-state index in [-0.39, 0.29) is 4.75 Å². The van der Waals surface area contributed by atoms with E-state index in [1.54, 1.807) is 24.2 Å². The summed E-state index contributed by atoms with van der Waals surface area (Å²) in [6, 6.07) is 3.63. The van der Waals surface area contributed by atoms with Crippen molar-refractivity contribution in [2.24, 2.45) is 4.99 Å². The molecule has 0 aliphatic heterocycles. The third-order valence-corrected chi connectivity index (χ3v) is 4.30. The second-order valence-corrected chi connectivity index (χ2v) is 6.85. The first-order valence-electron chi connectivity index (χ1n) is 7.14. The number of hydrogen-bond donors (Lipinski definition) is 3. The largest absolute Gasteiger partial charge is 0.387 e. The monoisotopic (exact) mass is 310 g/mol. The molecule has 1 heterocycles. The van der Waals surface area contributed by atoms with Crippen LogP contribution in [-0.2, 0) is 0 Å². The van der Waals surface area contributed by atoms with Crippen molar-refractivity contribution in [2.75, 3.05) is 25.9 Å². The van der Waals surface area contributed by atoms with Crippen molar-refractivity contribution in [2.45, 2.75) is 31.6 Å². The summed E-state index contributed by atoms with van der Waals surface area (Å²) in [7, 11) is 0. The zero-order chi connectivity index (χ0) is 15.7. The lowest BCUT2D eigenvalue weighted by Gasteiger charge is -2.21. The molecule has 0 spiro atoms. The van der Waals surface area contributed by atoms with E-state index < -0.39 is 6.10 Å². The molecule has 1 unspecified atom stereocenters. The highest BCUT2D eigenvalue weighted by atomic mass is 32.2. The molecule has 6 heteroatoms. The van der Waals surface area contributed by atoms with Crippen LogP contribution in [0.2, 0.25) is 0 Å². The summed E-state index contributed by atoms with van der Waals surface area (Å²) in [4.78, 5) is 8.52. The molecular formula is C15H26N4OS. The van der Waals surface area contributed by atoms with E-state index in [4.69, 9.17) is 0 Å². The normalized spacial score (nSPS) is 13.9. The molecule has 21 heavy (non-hydrogen) atoms. The predicted octanol–water partition coefficient (Wildman–Crippen LogP) is 1.81. The Labute approximate surface area is 131 Å². The number of rotatable bonds is 7. The summed E-state index contributed by atoms with van der Waals surface area (Å²) < 4.78 is 0.103. The van der Waals surface area contributed by atoms with Crippen LogP contribution in [0.4, 0.5) is 0 Å². The van der Waals surface area contributed by atoms with Gasteiger partial charge in [0.15, 0.2) is 5.96 Å². The second kappa shape index (κ2) is 8.89. The van der Waals surface area contributed by atoms with Crippen LogP contribution in [0.25, 0.3) is 0 Å². The lowest BCUT2D eigenvalue weighted by atomic mass is 10.1. The molecule has 0 bridgehead atoms. The van der Waals surface area contributed by atoms with Crippen molar-refractivity contribution in [3.05, 3.63) is 30.1 Å². The van der Waals surface area contributed by atoms with Gasteiger partial charge in [0.2, 0.25) is 0 Å². The van der Waals surface area contributed by atoms with Gasteiger partial charge in [0.25, 0.3) is 0 Å². The first-order valence-corrected chi connectivity index (χ1v) is 8.36. The summed E-state index contributed by atoms with van der Waals surface area (Å²) in [5, 5.41) is 16.5. The molecule has 0 fully saturated rings. The van der Waals surface area contributed by atoms with Gasteiger partial charge < -0.3 is 15.7 Å². The molecule has 5 nitrogen and oxygen atoms in total. The molecule has 0 aliphatic carbocycles. The van der Waals surface area contributed by atoms with E-state index in [1.807, 2.05) is 19.1 Å². The predicted molar refractivity (Wildman–Crippen MR) is 90.8 cm³/mol. The van der Waals surface area contributed by atoms with Crippen LogP contribution in [-0.4, -0.2) is 46.7 Å². The lowest BCUT2D eigenvalue weighted by molar-refractivity contribution is 0.180. The van der Waals surface area contributed by atoms with Crippen LogP contribution in [0.3, 0.4) is 0 Å². The number of nitrogens with one attached hydrogen (secondary N) is 2. The van der Waals surface area contributed by atoms with Crippen molar-refractivity contribution < 1.29 is 5.11 Å². The highest BCUT2D eigenvalue weighted by Crippen LogP contribution is 2.20. The van der Waals surface area contributed by atoms with Gasteiger partial charge in [-0.2, -0.15) is 11.8 Å². The first-order chi connectivity index (χ1) is 9.98. The Morgan fingerprint density at radius 3 is 2.62 bits per heavy atom. The standard InChI is InChI=1S/C15H26N4OS/c1-5-17-14(19-11-15(2,3)21-4)18-10-13(20)12-6-8-16-9-7-12/h6-9,13,20H,5,10-11H2,1-4H3,(H2,17,18,19). The molecular weight excluding hydrogens is 284 g/mol. The Balaban J connectivity index is 2.56. The maximum atomic E-state index is 10.1. The highest BCUT2D eigenvalue weighted by Gasteiger charge is 2.15. The molecule has 1 rings (SSSR count). The molecule has 0 aromatic carbocycles. The van der Waals surface area contributed by atoms with Crippen LogP contribution in [0.1, 0.15) is 32.4 Å². The van der Waals surface area contributed by atoms with Gasteiger partial charge >= 0.3 is 0 Å². The number of hydrogen-bond acceptors (Lipinski definition) is 4. The topological polar surface area (TPSA) is 69.5 Å². The summed E-state index contributed by atoms with van der Waals surface area (Å²) in [5.41, 5.74) is 0.845. The van der Waals surface area contributed by atoms with Crippen molar-refractivity contribution in [1.29, 1.82) is 0 Å². The molecule has 0 aliphatic rings. The second-order valence-electron chi connectivity index (χ2n) is 5.34. The Bertz CT molecular complexity index is 437. The Morgan fingerprint density at radius 2 is 2.05 bits per heavy atom. The van der Waals surface area contributed by atoms with Gasteiger partial charge in [0.05, 0.1) is 12.6 Å². The maximum absolute atomic E-state index is 10.1. The quantitative estimate of drug-likeness (QED) is 0.529. The van der Waals surface area contributed by atoms with E-state index in [2.05, 4.69) is 40.7 Å². The summed E-state index contributed by atoms with van der Waals surface area (Å²) >= 11 is 1.79. The minimum atomic E-state index is -0.578. The fraction of sp³-hybridized carbons (Fsp3) is 0.600. The van der Waals surface area contributed by atoms with E-state index in [0.717, 1.165) is 24.6 Å². The zero-order valence-corrected chi connectivity index (χ0v) is 14.1. The van der Waals surface area contributed by atoms with Gasteiger partial charge in [0, 0.05) is 30.2 Å². The molecule has 1 aromatic heterocycles. The van der Waals surface area contributed by atoms with E-state index >= 15 is 0 Å². The van der Waals surface area contributed by atoms with Gasteiger partial charge in [-0.15, -0.1) is 0 Å². The molecule has 118 valence electrons. The number of guanidine groups is 1. The van der Waals surface area contributed by atoms with Crippen LogP contribution < -0.4 is 10.6 Å². The number of aliphatic hydroxyl groups is 1. The number of pyridine rings is 1. The van der Waals surface area contributed by atoms with Gasteiger partial charge in [-0.3, -0.25) is 9.98 Å². The van der Waals surface area contributed by atoms with Gasteiger partial charge in [-0.25, -0.2) is 0 Å². The Hall–Kier alpha value is -1.27. The minimum absolute atomic E-state index is 0.103. The fourth-order valence-electron chi connectivity index (χ4n) is 1.57. The fourth-order valence-corrected chi connectivity index (χ4v) is 1.77. The molecule has 3 N–H and O–H groups in total. The molecule has 0 amide bonds. The summed E-state index contributed by atoms with van der Waals surface area (Å²) in [5.74, 6) is 0.729. The van der Waals surface area contributed by atoms with E-state index in [0.29, 0.717) is 6.54 Å². The molecule has 0 saturated heterocycles. The van der Waals surface area contributed by atoms with Crippen LogP contribution in [0.15, 0.2) is 29.5 Å². The van der Waals surface area contributed by atoms with E-state index in [9.17, 15) is 5.11 Å². The number of aliphatic hydroxyl groups excluding tert-OH is 1. The molecule has 1 atom stereocenters. The first kappa shape index (κ1) is 17.8. The Morgan fingerprint density at radius 1 is 1.38 bits per heavy atom. The van der Waals surface area contributed by atoms with E-state index in [1.165, 1.54) is 0 Å². The third-order valence-electron chi connectivity index (χ3n) is 3.07. The smallest absolute Gasteiger partial charge is 0.191 e. The number of aromatic nitrogens is 1. The maximum Gasteiger partial charge on any atom is 0.191 e. The average Bonchev–Trinajstić information content (AvgIpc) is 2.50. The SMILES string of the molecule is CCNC(=NCC(C)(C)SC)NCC(O)c1ccncc1. The zero-order valence-electron chi connectivity index (χ0n) is 13.3. The number of nitrogens with zero attached hydrogens (tertiary/aromatic N) is 2. The van der Waals surface area contributed by atoms with Crippen LogP contribution in [0.5, 0.6) is 0 Å². The van der Waals surface area contributed by atoms with Crippen molar-refractivity contribution >= 4 is 17.7 Å². The molecule has 0 radical (unpaired) electrons. The van der Waals surface area contributed by atoms with Gasteiger partial charge in [0.1, 0.15) is 0 Å². The number of thioether (sulfide) groups is 1. The highest BCUT2D eigenvalue weighted by molar-refractivity contribution is 7.99. The third kappa shape index (κ3) is 6.82.